The summed E-state index contributed by atoms with van der Waals surface area (Å²) in [6, 6.07) is 28.0. The Labute approximate surface area is 276 Å². The van der Waals surface area contributed by atoms with Crippen LogP contribution in [0.1, 0.15) is 47.2 Å². The van der Waals surface area contributed by atoms with Crippen molar-refractivity contribution in [2.24, 2.45) is 0 Å². The summed E-state index contributed by atoms with van der Waals surface area (Å²) < 4.78 is 34.2. The lowest BCUT2D eigenvalue weighted by atomic mass is 9.96. The van der Waals surface area contributed by atoms with Gasteiger partial charge in [-0.05, 0) is 71.5 Å². The van der Waals surface area contributed by atoms with Crippen LogP contribution in [0.25, 0.3) is 0 Å². The van der Waals surface area contributed by atoms with Crippen molar-refractivity contribution in [3.05, 3.63) is 118 Å². The number of methoxy groups -OCH3 is 2. The normalized spacial score (nSPS) is 17.7. The molecule has 0 bridgehead atoms. The van der Waals surface area contributed by atoms with Gasteiger partial charge in [-0.15, -0.1) is 0 Å². The second-order valence-electron chi connectivity index (χ2n) is 11.7. The van der Waals surface area contributed by atoms with Crippen LogP contribution in [0.2, 0.25) is 0 Å². The fraction of sp³-hybridized carbons (Fsp3) is 0.368. The van der Waals surface area contributed by atoms with Crippen molar-refractivity contribution in [1.29, 1.82) is 0 Å². The van der Waals surface area contributed by atoms with Crippen LogP contribution >= 0.6 is 0 Å². The summed E-state index contributed by atoms with van der Waals surface area (Å²) in [6.45, 7) is 5.46. The van der Waals surface area contributed by atoms with Gasteiger partial charge in [0, 0.05) is 12.8 Å². The zero-order valence-corrected chi connectivity index (χ0v) is 27.5. The first-order chi connectivity index (χ1) is 22.3. The standard InChI is InChI=1S/2C19H22O4.H2O/c2*1-13(20)17-8-15-9-18(21-2)19(10-16(15)12-23-17)22-11-14-6-4-3-5-7-14;/h2*3-7,9-10,13,17,20H,8,11-12H2,1-2H3;1H2/t2*13-,17+;/m00./s1. The third-order valence-electron chi connectivity index (χ3n) is 8.27. The molecule has 2 aliphatic heterocycles. The highest BCUT2D eigenvalue weighted by atomic mass is 16.5. The van der Waals surface area contributed by atoms with Crippen molar-refractivity contribution in [2.75, 3.05) is 14.2 Å². The summed E-state index contributed by atoms with van der Waals surface area (Å²) in [5.41, 5.74) is 6.68. The Bertz CT molecular complexity index is 1420. The number of benzene rings is 4. The first-order valence-electron chi connectivity index (χ1n) is 15.7. The highest BCUT2D eigenvalue weighted by Gasteiger charge is 2.26. The third kappa shape index (κ3) is 9.47. The Kier molecular flexibility index (Phi) is 13.0. The highest BCUT2D eigenvalue weighted by Crippen LogP contribution is 2.36. The van der Waals surface area contributed by atoms with Crippen molar-refractivity contribution in [3.63, 3.8) is 0 Å². The predicted octanol–water partition coefficient (Wildman–Crippen LogP) is 5.37. The molecule has 9 heteroatoms. The zero-order chi connectivity index (χ0) is 32.5. The smallest absolute Gasteiger partial charge is 0.162 e. The molecule has 0 unspecified atom stereocenters. The van der Waals surface area contributed by atoms with E-state index in [0.29, 0.717) is 62.3 Å². The van der Waals surface area contributed by atoms with E-state index in [9.17, 15) is 10.2 Å². The quantitative estimate of drug-likeness (QED) is 0.236. The molecule has 0 aliphatic carbocycles. The summed E-state index contributed by atoms with van der Waals surface area (Å²) in [4.78, 5) is 0. The van der Waals surface area contributed by atoms with Gasteiger partial charge in [0.2, 0.25) is 0 Å². The van der Waals surface area contributed by atoms with Crippen molar-refractivity contribution in [2.45, 2.75) is 77.5 Å². The lowest BCUT2D eigenvalue weighted by molar-refractivity contribution is -0.0460. The van der Waals surface area contributed by atoms with Gasteiger partial charge >= 0.3 is 0 Å². The second-order valence-corrected chi connectivity index (χ2v) is 11.7. The minimum Gasteiger partial charge on any atom is -0.493 e. The van der Waals surface area contributed by atoms with E-state index in [-0.39, 0.29) is 17.7 Å². The Morgan fingerprint density at radius 1 is 0.596 bits per heavy atom. The van der Waals surface area contributed by atoms with Gasteiger partial charge in [0.25, 0.3) is 0 Å². The Morgan fingerprint density at radius 3 is 1.30 bits per heavy atom. The lowest BCUT2D eigenvalue weighted by Crippen LogP contribution is -2.32. The molecule has 4 aromatic carbocycles. The number of ether oxygens (including phenoxy) is 6. The second kappa shape index (κ2) is 17.2. The Hall–Kier alpha value is -4.12. The molecule has 252 valence electrons. The van der Waals surface area contributed by atoms with Gasteiger partial charge in [-0.1, -0.05) is 60.7 Å². The van der Waals surface area contributed by atoms with Gasteiger partial charge in [-0.3, -0.25) is 0 Å². The minimum atomic E-state index is -0.483. The van der Waals surface area contributed by atoms with Gasteiger partial charge in [-0.25, -0.2) is 0 Å². The number of hydrogen-bond donors (Lipinski definition) is 2. The number of hydrogen-bond acceptors (Lipinski definition) is 8. The molecule has 4 aromatic rings. The molecular weight excluding hydrogens is 600 g/mol. The molecule has 0 spiro atoms. The topological polar surface area (TPSA) is 127 Å². The third-order valence-corrected chi connectivity index (χ3v) is 8.27. The average Bonchev–Trinajstić information content (AvgIpc) is 3.09. The molecule has 4 N–H and O–H groups in total. The Morgan fingerprint density at radius 2 is 0.957 bits per heavy atom. The van der Waals surface area contributed by atoms with E-state index in [2.05, 4.69) is 0 Å². The van der Waals surface area contributed by atoms with Crippen LogP contribution in [-0.4, -0.2) is 54.3 Å². The van der Waals surface area contributed by atoms with E-state index >= 15 is 0 Å². The van der Waals surface area contributed by atoms with Gasteiger partial charge in [0.1, 0.15) is 13.2 Å². The molecule has 0 radical (unpaired) electrons. The van der Waals surface area contributed by atoms with Gasteiger partial charge < -0.3 is 44.1 Å². The molecule has 0 saturated heterocycles. The van der Waals surface area contributed by atoms with Crippen LogP contribution in [0.15, 0.2) is 84.9 Å². The molecule has 2 aliphatic rings. The van der Waals surface area contributed by atoms with E-state index in [4.69, 9.17) is 28.4 Å². The van der Waals surface area contributed by atoms with Crippen molar-refractivity contribution >= 4 is 0 Å². The van der Waals surface area contributed by atoms with Crippen LogP contribution in [0.5, 0.6) is 23.0 Å². The number of rotatable bonds is 10. The summed E-state index contributed by atoms with van der Waals surface area (Å²) in [7, 11) is 3.28. The molecular formula is C38H46O9. The van der Waals surface area contributed by atoms with Crippen LogP contribution < -0.4 is 18.9 Å². The van der Waals surface area contributed by atoms with Crippen molar-refractivity contribution < 1.29 is 44.1 Å². The molecule has 0 aromatic heterocycles. The van der Waals surface area contributed by atoms with Crippen molar-refractivity contribution in [1.82, 2.24) is 0 Å². The monoisotopic (exact) mass is 646 g/mol. The van der Waals surface area contributed by atoms with Crippen LogP contribution in [0.3, 0.4) is 0 Å². The summed E-state index contributed by atoms with van der Waals surface area (Å²) in [6.07, 6.45) is 0.0721. The molecule has 0 fully saturated rings. The Balaban J connectivity index is 0.000000208. The van der Waals surface area contributed by atoms with E-state index in [0.717, 1.165) is 33.4 Å². The lowest BCUT2D eigenvalue weighted by Gasteiger charge is -2.28. The van der Waals surface area contributed by atoms with E-state index in [1.165, 1.54) is 0 Å². The van der Waals surface area contributed by atoms with E-state index in [1.54, 1.807) is 28.1 Å². The molecule has 9 nitrogen and oxygen atoms in total. The minimum absolute atomic E-state index is 0. The number of fused-ring (bicyclic) bond motifs is 2. The van der Waals surface area contributed by atoms with Crippen LogP contribution in [-0.2, 0) is 48.7 Å². The largest absolute Gasteiger partial charge is 0.493 e. The molecule has 0 amide bonds. The van der Waals surface area contributed by atoms with Crippen LogP contribution in [0, 0.1) is 0 Å². The predicted molar refractivity (Wildman–Crippen MR) is 179 cm³/mol. The summed E-state index contributed by atoms with van der Waals surface area (Å²) in [5, 5.41) is 19.4. The number of aliphatic hydroxyl groups is 2. The maximum Gasteiger partial charge on any atom is 0.162 e. The maximum absolute atomic E-state index is 9.71. The van der Waals surface area contributed by atoms with E-state index < -0.39 is 12.2 Å². The highest BCUT2D eigenvalue weighted by molar-refractivity contribution is 5.49. The van der Waals surface area contributed by atoms with Gasteiger partial charge in [0.05, 0.1) is 51.8 Å². The first kappa shape index (κ1) is 35.7. The van der Waals surface area contributed by atoms with Crippen LogP contribution in [0.4, 0.5) is 0 Å². The number of aliphatic hydroxyl groups excluding tert-OH is 2. The molecule has 47 heavy (non-hydrogen) atoms. The fourth-order valence-electron chi connectivity index (χ4n) is 5.52. The molecule has 6 rings (SSSR count). The SMILES string of the molecule is COc1cc2c(cc1OCc1ccccc1)CO[C@@H]([C@H](C)O)C2.COc1cc2c(cc1OCc1ccccc1)CO[C@@H]([C@H](C)O)C2.O. The fourth-order valence-corrected chi connectivity index (χ4v) is 5.52. The summed E-state index contributed by atoms with van der Waals surface area (Å²) in [5.74, 6) is 2.86. The van der Waals surface area contributed by atoms with E-state index in [1.807, 2.05) is 84.9 Å². The van der Waals surface area contributed by atoms with Crippen molar-refractivity contribution in [3.8, 4) is 23.0 Å². The zero-order valence-electron chi connectivity index (χ0n) is 27.5. The molecule has 0 saturated carbocycles. The molecule has 4 atom stereocenters. The van der Waals surface area contributed by atoms with Gasteiger partial charge in [-0.2, -0.15) is 0 Å². The first-order valence-corrected chi connectivity index (χ1v) is 15.7. The van der Waals surface area contributed by atoms with Gasteiger partial charge in [0.15, 0.2) is 23.0 Å². The maximum atomic E-state index is 9.71. The summed E-state index contributed by atoms with van der Waals surface area (Å²) >= 11 is 0. The average molecular weight is 647 g/mol. The molecule has 2 heterocycles.